The van der Waals surface area contributed by atoms with Crippen molar-refractivity contribution >= 4 is 27.5 Å². The topological polar surface area (TPSA) is 105 Å². The number of alkyl halides is 3. The highest BCUT2D eigenvalue weighted by Gasteiger charge is 2.33. The number of carbonyl (C=O) groups excluding carboxylic acids is 2. The van der Waals surface area contributed by atoms with Crippen molar-refractivity contribution in [3.63, 3.8) is 0 Å². The van der Waals surface area contributed by atoms with Crippen LogP contribution in [0.25, 0.3) is 0 Å². The van der Waals surface area contributed by atoms with Gasteiger partial charge in [-0.25, -0.2) is 8.42 Å². The number of piperidine rings is 1. The van der Waals surface area contributed by atoms with Gasteiger partial charge in [-0.1, -0.05) is 17.7 Å². The highest BCUT2D eigenvalue weighted by Crippen LogP contribution is 2.25. The maximum absolute atomic E-state index is 12.8. The fraction of sp³-hybridized carbons (Fsp3) is 0.391. The first-order valence-electron chi connectivity index (χ1n) is 10.9. The van der Waals surface area contributed by atoms with E-state index in [-0.39, 0.29) is 29.6 Å². The number of aryl methyl sites for hydroxylation is 1. The second-order valence-electron chi connectivity index (χ2n) is 8.28. The van der Waals surface area contributed by atoms with Gasteiger partial charge in [0, 0.05) is 24.7 Å². The van der Waals surface area contributed by atoms with Gasteiger partial charge in [0.15, 0.2) is 0 Å². The number of nitrogens with zero attached hydrogens (tertiary/aromatic N) is 1. The number of sulfonamides is 1. The fourth-order valence-corrected chi connectivity index (χ4v) is 5.07. The molecule has 0 radical (unpaired) electrons. The zero-order valence-electron chi connectivity index (χ0n) is 19.1. The molecule has 190 valence electrons. The molecule has 0 spiro atoms. The number of rotatable bonds is 7. The number of hydrogen-bond acceptors (Lipinski definition) is 5. The van der Waals surface area contributed by atoms with Gasteiger partial charge in [0.2, 0.25) is 21.8 Å². The summed E-state index contributed by atoms with van der Waals surface area (Å²) in [5.41, 5.74) is 1.19. The van der Waals surface area contributed by atoms with Crippen LogP contribution in [0.15, 0.2) is 53.4 Å². The number of hydrogen-bond donors (Lipinski definition) is 2. The summed E-state index contributed by atoms with van der Waals surface area (Å²) in [6.45, 7) is 3.71. The average Bonchev–Trinajstić information content (AvgIpc) is 2.79. The molecule has 1 unspecified atom stereocenters. The van der Waals surface area contributed by atoms with Crippen molar-refractivity contribution in [3.8, 4) is 5.75 Å². The standard InChI is InChI=1S/C23H26F3N3O5S/c1-15-3-9-20(10-4-15)35(32,33)29-13-11-17(12-14-29)22(31)27-16(2)21(30)28-18-5-7-19(8-6-18)34-23(24,25)26/h3-10,16-17H,11-14H2,1-2H3,(H,27,31)(H,28,30). The lowest BCUT2D eigenvalue weighted by molar-refractivity contribution is -0.274. The number of anilines is 1. The minimum Gasteiger partial charge on any atom is -0.406 e. The van der Waals surface area contributed by atoms with Crippen molar-refractivity contribution in [2.45, 2.75) is 44.0 Å². The number of amides is 2. The summed E-state index contributed by atoms with van der Waals surface area (Å²) in [4.78, 5) is 25.2. The molecule has 0 saturated carbocycles. The molecule has 12 heteroatoms. The molecule has 0 aliphatic carbocycles. The second-order valence-corrected chi connectivity index (χ2v) is 10.2. The molecule has 2 amide bonds. The van der Waals surface area contributed by atoms with E-state index in [1.807, 2.05) is 6.92 Å². The molecular formula is C23H26F3N3O5S. The van der Waals surface area contributed by atoms with Crippen LogP contribution in [0.3, 0.4) is 0 Å². The second kappa shape index (κ2) is 10.6. The van der Waals surface area contributed by atoms with Gasteiger partial charge >= 0.3 is 6.36 Å². The van der Waals surface area contributed by atoms with Gasteiger partial charge in [-0.05, 0) is 63.1 Å². The molecule has 0 bridgehead atoms. The van der Waals surface area contributed by atoms with Gasteiger partial charge in [0.25, 0.3) is 0 Å². The molecule has 35 heavy (non-hydrogen) atoms. The van der Waals surface area contributed by atoms with Crippen molar-refractivity contribution in [1.82, 2.24) is 9.62 Å². The van der Waals surface area contributed by atoms with E-state index in [4.69, 9.17) is 0 Å². The van der Waals surface area contributed by atoms with Crippen LogP contribution >= 0.6 is 0 Å². The molecule has 1 atom stereocenters. The van der Waals surface area contributed by atoms with Crippen LogP contribution in [0.1, 0.15) is 25.3 Å². The molecule has 2 N–H and O–H groups in total. The molecule has 1 heterocycles. The molecule has 8 nitrogen and oxygen atoms in total. The fourth-order valence-electron chi connectivity index (χ4n) is 3.60. The van der Waals surface area contributed by atoms with E-state index in [0.717, 1.165) is 17.7 Å². The van der Waals surface area contributed by atoms with Crippen molar-refractivity contribution in [1.29, 1.82) is 0 Å². The van der Waals surface area contributed by atoms with Crippen molar-refractivity contribution < 1.29 is 35.9 Å². The van der Waals surface area contributed by atoms with Crippen LogP contribution in [-0.4, -0.2) is 50.0 Å². The highest BCUT2D eigenvalue weighted by atomic mass is 32.2. The maximum atomic E-state index is 12.8. The average molecular weight is 514 g/mol. The van der Waals surface area contributed by atoms with E-state index in [0.29, 0.717) is 12.8 Å². The lowest BCUT2D eigenvalue weighted by Crippen LogP contribution is -2.47. The Balaban J connectivity index is 1.49. The molecular weight excluding hydrogens is 487 g/mol. The normalized spacial score (nSPS) is 16.4. The summed E-state index contributed by atoms with van der Waals surface area (Å²) in [6, 6.07) is 10.3. The smallest absolute Gasteiger partial charge is 0.406 e. The van der Waals surface area contributed by atoms with Gasteiger partial charge in [0.05, 0.1) is 4.90 Å². The summed E-state index contributed by atoms with van der Waals surface area (Å²) in [5.74, 6) is -1.79. The third kappa shape index (κ3) is 7.18. The van der Waals surface area contributed by atoms with E-state index in [1.165, 1.54) is 23.4 Å². The van der Waals surface area contributed by atoms with Gasteiger partial charge in [-0.15, -0.1) is 13.2 Å². The Kier molecular flexibility index (Phi) is 8.06. The lowest BCUT2D eigenvalue weighted by atomic mass is 9.97. The third-order valence-corrected chi connectivity index (χ3v) is 7.50. The Morgan fingerprint density at radius 2 is 1.60 bits per heavy atom. The predicted octanol–water partition coefficient (Wildman–Crippen LogP) is 3.44. The van der Waals surface area contributed by atoms with E-state index >= 15 is 0 Å². The largest absolute Gasteiger partial charge is 0.573 e. The summed E-state index contributed by atoms with van der Waals surface area (Å²) >= 11 is 0. The Labute approximate surface area is 201 Å². The first kappa shape index (κ1) is 26.5. The van der Waals surface area contributed by atoms with Crippen molar-refractivity contribution in [3.05, 3.63) is 54.1 Å². The minimum atomic E-state index is -4.81. The first-order valence-corrected chi connectivity index (χ1v) is 12.3. The summed E-state index contributed by atoms with van der Waals surface area (Å²) in [6.07, 6.45) is -4.19. The quantitative estimate of drug-likeness (QED) is 0.590. The predicted molar refractivity (Wildman–Crippen MR) is 122 cm³/mol. The van der Waals surface area contributed by atoms with Gasteiger partial charge < -0.3 is 15.4 Å². The molecule has 2 aromatic carbocycles. The number of benzene rings is 2. The van der Waals surface area contributed by atoms with Crippen molar-refractivity contribution in [2.24, 2.45) is 5.92 Å². The van der Waals surface area contributed by atoms with Gasteiger partial charge in [0.1, 0.15) is 11.8 Å². The molecule has 1 saturated heterocycles. The van der Waals surface area contributed by atoms with E-state index < -0.39 is 40.0 Å². The summed E-state index contributed by atoms with van der Waals surface area (Å²) in [5, 5.41) is 5.12. The summed E-state index contributed by atoms with van der Waals surface area (Å²) < 4.78 is 67.5. The first-order chi connectivity index (χ1) is 16.3. The van der Waals surface area contributed by atoms with Gasteiger partial charge in [-0.3, -0.25) is 9.59 Å². The maximum Gasteiger partial charge on any atom is 0.573 e. The molecule has 1 aliphatic rings. The number of halogens is 3. The molecule has 0 aromatic heterocycles. The monoisotopic (exact) mass is 513 g/mol. The Bertz CT molecular complexity index is 1140. The molecule has 1 fully saturated rings. The van der Waals surface area contributed by atoms with Crippen LogP contribution in [0.2, 0.25) is 0 Å². The summed E-state index contributed by atoms with van der Waals surface area (Å²) in [7, 11) is -3.65. The number of nitrogens with one attached hydrogen (secondary N) is 2. The van der Waals surface area contributed by atoms with Gasteiger partial charge in [-0.2, -0.15) is 4.31 Å². The SMILES string of the molecule is Cc1ccc(S(=O)(=O)N2CCC(C(=O)NC(C)C(=O)Nc3ccc(OC(F)(F)F)cc3)CC2)cc1. The molecule has 3 rings (SSSR count). The lowest BCUT2D eigenvalue weighted by Gasteiger charge is -2.31. The van der Waals surface area contributed by atoms with Crippen molar-refractivity contribution in [2.75, 3.05) is 18.4 Å². The highest BCUT2D eigenvalue weighted by molar-refractivity contribution is 7.89. The van der Waals surface area contributed by atoms with E-state index in [2.05, 4.69) is 15.4 Å². The van der Waals surface area contributed by atoms with Crippen LogP contribution < -0.4 is 15.4 Å². The molecule has 1 aliphatic heterocycles. The van der Waals surface area contributed by atoms with Crippen LogP contribution in [0.5, 0.6) is 5.75 Å². The van der Waals surface area contributed by atoms with Crippen LogP contribution in [0, 0.1) is 12.8 Å². The van der Waals surface area contributed by atoms with Crippen LogP contribution in [0.4, 0.5) is 18.9 Å². The Morgan fingerprint density at radius 1 is 1.03 bits per heavy atom. The Hall–Kier alpha value is -3.12. The number of carbonyl (C=O) groups is 2. The number of ether oxygens (including phenoxy) is 1. The van der Waals surface area contributed by atoms with Crippen LogP contribution in [-0.2, 0) is 19.6 Å². The van der Waals surface area contributed by atoms with E-state index in [9.17, 15) is 31.2 Å². The Morgan fingerprint density at radius 3 is 2.14 bits per heavy atom. The third-order valence-electron chi connectivity index (χ3n) is 5.59. The zero-order valence-corrected chi connectivity index (χ0v) is 19.9. The molecule has 2 aromatic rings. The van der Waals surface area contributed by atoms with E-state index in [1.54, 1.807) is 24.3 Å². The minimum absolute atomic E-state index is 0.182. The zero-order chi connectivity index (χ0) is 25.8.